The van der Waals surface area contributed by atoms with E-state index in [1.54, 1.807) is 6.20 Å². The lowest BCUT2D eigenvalue weighted by atomic mass is 9.87. The Morgan fingerprint density at radius 3 is 2.81 bits per heavy atom. The standard InChI is InChI=1S/C27H31N3O6S/c1-34-27(33)36-16-35-25-20(31)12-14-29-24(25)26(32)28-13-5-4-11-22(28)30(29)23-18-8-3-2-7-17(18)15-37-21-10-6-9-19(21)23/h2-3,7-8,12,14,19,21-23H,4-6,9-11,13,15-16H2,1H3/t19?,21?,22-,23+/m1/s1. The molecule has 37 heavy (non-hydrogen) atoms. The molecule has 4 aliphatic rings. The molecular weight excluding hydrogens is 494 g/mol. The molecule has 2 fully saturated rings. The summed E-state index contributed by atoms with van der Waals surface area (Å²) in [5, 5.41) is 2.89. The van der Waals surface area contributed by atoms with Gasteiger partial charge in [-0.2, -0.15) is 11.8 Å². The zero-order valence-electron chi connectivity index (χ0n) is 20.8. The second kappa shape index (κ2) is 9.96. The van der Waals surface area contributed by atoms with Crippen molar-refractivity contribution in [2.24, 2.45) is 5.92 Å². The van der Waals surface area contributed by atoms with Crippen molar-refractivity contribution in [2.75, 3.05) is 25.5 Å². The van der Waals surface area contributed by atoms with Gasteiger partial charge < -0.3 is 19.1 Å². The molecule has 1 aromatic heterocycles. The normalized spacial score (nSPS) is 26.4. The molecule has 1 saturated heterocycles. The van der Waals surface area contributed by atoms with E-state index in [0.717, 1.165) is 31.4 Å². The number of nitrogens with zero attached hydrogens (tertiary/aromatic N) is 3. The lowest BCUT2D eigenvalue weighted by molar-refractivity contribution is 0.0123. The number of hydrogen-bond acceptors (Lipinski definition) is 8. The van der Waals surface area contributed by atoms with Crippen LogP contribution < -0.4 is 15.2 Å². The third kappa shape index (κ3) is 4.15. The van der Waals surface area contributed by atoms with E-state index in [-0.39, 0.29) is 29.6 Å². The van der Waals surface area contributed by atoms with Gasteiger partial charge in [0.2, 0.25) is 18.0 Å². The van der Waals surface area contributed by atoms with Crippen LogP contribution in [0.4, 0.5) is 4.79 Å². The van der Waals surface area contributed by atoms with Crippen LogP contribution in [0.2, 0.25) is 0 Å². The van der Waals surface area contributed by atoms with Crippen molar-refractivity contribution in [3.05, 3.63) is 63.6 Å². The first-order valence-corrected chi connectivity index (χ1v) is 14.0. The molecule has 4 heterocycles. The fourth-order valence-corrected chi connectivity index (χ4v) is 8.02. The van der Waals surface area contributed by atoms with Gasteiger partial charge in [-0.15, -0.1) is 0 Å². The maximum absolute atomic E-state index is 13.9. The molecule has 1 amide bonds. The highest BCUT2D eigenvalue weighted by Crippen LogP contribution is 2.50. The van der Waals surface area contributed by atoms with Gasteiger partial charge in [-0.05, 0) is 49.1 Å². The van der Waals surface area contributed by atoms with Gasteiger partial charge in [0.25, 0.3) is 5.91 Å². The SMILES string of the molecule is COC(=O)OCOc1c2n(ccc1=O)N([C@H]1c3ccccc3CSC3CCCC31)[C@@H]1CCCCN1C2=O. The highest BCUT2D eigenvalue weighted by molar-refractivity contribution is 7.99. The van der Waals surface area contributed by atoms with Gasteiger partial charge in [0.15, 0.2) is 5.69 Å². The van der Waals surface area contributed by atoms with Crippen LogP contribution in [-0.2, 0) is 15.2 Å². The van der Waals surface area contributed by atoms with E-state index >= 15 is 0 Å². The number of ether oxygens (including phenoxy) is 3. The third-order valence-electron chi connectivity index (χ3n) is 8.09. The van der Waals surface area contributed by atoms with Gasteiger partial charge >= 0.3 is 6.16 Å². The minimum Gasteiger partial charge on any atom is -0.451 e. The predicted octanol–water partition coefficient (Wildman–Crippen LogP) is 4.03. The monoisotopic (exact) mass is 525 g/mol. The molecule has 0 spiro atoms. The Labute approximate surface area is 219 Å². The molecule has 196 valence electrons. The van der Waals surface area contributed by atoms with Crippen LogP contribution in [0.1, 0.15) is 66.2 Å². The Kier molecular flexibility index (Phi) is 6.52. The summed E-state index contributed by atoms with van der Waals surface area (Å²) < 4.78 is 16.9. The topological polar surface area (TPSA) is 90.3 Å². The summed E-state index contributed by atoms with van der Waals surface area (Å²) in [5.41, 5.74) is 2.38. The number of amides is 1. The highest BCUT2D eigenvalue weighted by Gasteiger charge is 2.49. The fourth-order valence-electron chi connectivity index (χ4n) is 6.50. The van der Waals surface area contributed by atoms with Gasteiger partial charge in [-0.1, -0.05) is 30.7 Å². The highest BCUT2D eigenvalue weighted by atomic mass is 32.2. The quantitative estimate of drug-likeness (QED) is 0.437. The average molecular weight is 526 g/mol. The molecule has 1 aliphatic carbocycles. The van der Waals surface area contributed by atoms with Crippen LogP contribution in [0.25, 0.3) is 0 Å². The molecule has 2 aromatic rings. The van der Waals surface area contributed by atoms with Crippen LogP contribution in [0.15, 0.2) is 41.3 Å². The number of aromatic nitrogens is 1. The van der Waals surface area contributed by atoms with Gasteiger partial charge in [0.05, 0.1) is 13.2 Å². The number of hydrogen-bond donors (Lipinski definition) is 0. The first-order chi connectivity index (χ1) is 18.1. The lowest BCUT2D eigenvalue weighted by Gasteiger charge is -2.53. The summed E-state index contributed by atoms with van der Waals surface area (Å²) in [6.07, 6.45) is 7.00. The van der Waals surface area contributed by atoms with Crippen molar-refractivity contribution in [3.8, 4) is 5.75 Å². The number of piperidine rings is 1. The molecule has 9 nitrogen and oxygen atoms in total. The van der Waals surface area contributed by atoms with Crippen molar-refractivity contribution in [1.82, 2.24) is 9.58 Å². The number of pyridine rings is 1. The number of carbonyl (C=O) groups is 2. The molecule has 6 rings (SSSR count). The first kappa shape index (κ1) is 24.2. The Balaban J connectivity index is 1.50. The van der Waals surface area contributed by atoms with E-state index in [1.165, 1.54) is 37.1 Å². The van der Waals surface area contributed by atoms with E-state index < -0.39 is 18.4 Å². The lowest BCUT2D eigenvalue weighted by Crippen LogP contribution is -2.64. The van der Waals surface area contributed by atoms with E-state index in [0.29, 0.717) is 17.7 Å². The molecule has 0 bridgehead atoms. The van der Waals surface area contributed by atoms with Crippen molar-refractivity contribution in [3.63, 3.8) is 0 Å². The van der Waals surface area contributed by atoms with E-state index in [2.05, 4.69) is 34.0 Å². The van der Waals surface area contributed by atoms with Crippen LogP contribution in [-0.4, -0.2) is 53.5 Å². The maximum atomic E-state index is 13.9. The van der Waals surface area contributed by atoms with E-state index in [9.17, 15) is 14.4 Å². The zero-order valence-corrected chi connectivity index (χ0v) is 21.7. The van der Waals surface area contributed by atoms with Crippen molar-refractivity contribution >= 4 is 23.8 Å². The number of thioether (sulfide) groups is 1. The summed E-state index contributed by atoms with van der Waals surface area (Å²) in [4.78, 5) is 40.2. The summed E-state index contributed by atoms with van der Waals surface area (Å²) in [6.45, 7) is 0.0988. The average Bonchev–Trinajstić information content (AvgIpc) is 3.33. The Morgan fingerprint density at radius 2 is 1.95 bits per heavy atom. The van der Waals surface area contributed by atoms with Crippen LogP contribution in [0, 0.1) is 5.92 Å². The van der Waals surface area contributed by atoms with Crippen LogP contribution in [0.3, 0.4) is 0 Å². The summed E-state index contributed by atoms with van der Waals surface area (Å²) >= 11 is 2.05. The number of carbonyl (C=O) groups excluding carboxylic acids is 2. The molecule has 0 N–H and O–H groups in total. The molecule has 1 saturated carbocycles. The predicted molar refractivity (Wildman–Crippen MR) is 138 cm³/mol. The van der Waals surface area contributed by atoms with Gasteiger partial charge in [0.1, 0.15) is 6.17 Å². The molecule has 10 heteroatoms. The second-order valence-corrected chi connectivity index (χ2v) is 11.2. The van der Waals surface area contributed by atoms with Crippen LogP contribution >= 0.6 is 11.8 Å². The fraction of sp³-hybridized carbons (Fsp3) is 0.519. The minimum atomic E-state index is -0.922. The van der Waals surface area contributed by atoms with Crippen LogP contribution in [0.5, 0.6) is 5.75 Å². The number of benzene rings is 1. The third-order valence-corrected chi connectivity index (χ3v) is 9.58. The largest absolute Gasteiger partial charge is 0.510 e. The summed E-state index contributed by atoms with van der Waals surface area (Å²) in [6, 6.07) is 10.1. The number of methoxy groups -OCH3 is 1. The van der Waals surface area contributed by atoms with Crippen molar-refractivity contribution in [1.29, 1.82) is 0 Å². The summed E-state index contributed by atoms with van der Waals surface area (Å²) in [5.74, 6) is 1.06. The van der Waals surface area contributed by atoms with Gasteiger partial charge in [-0.25, -0.2) is 4.79 Å². The molecular formula is C27H31N3O6S. The van der Waals surface area contributed by atoms with Crippen molar-refractivity contribution in [2.45, 2.75) is 61.7 Å². The molecule has 2 unspecified atom stereocenters. The summed E-state index contributed by atoms with van der Waals surface area (Å²) in [7, 11) is 1.19. The van der Waals surface area contributed by atoms with E-state index in [1.807, 2.05) is 21.3 Å². The Hall–Kier alpha value is -3.14. The zero-order chi connectivity index (χ0) is 25.5. The molecule has 4 atom stereocenters. The Bertz CT molecular complexity index is 1260. The van der Waals surface area contributed by atoms with E-state index in [4.69, 9.17) is 9.47 Å². The molecule has 0 radical (unpaired) electrons. The molecule has 3 aliphatic heterocycles. The van der Waals surface area contributed by atoms with Gasteiger partial charge in [0, 0.05) is 29.8 Å². The number of fused-ring (bicyclic) bond motifs is 4. The smallest absolute Gasteiger partial charge is 0.451 e. The first-order valence-electron chi connectivity index (χ1n) is 13.0. The minimum absolute atomic E-state index is 0.0535. The maximum Gasteiger partial charge on any atom is 0.510 e. The second-order valence-electron chi connectivity index (χ2n) is 10.0. The number of rotatable bonds is 4. The molecule has 1 aromatic carbocycles. The Morgan fingerprint density at radius 1 is 1.08 bits per heavy atom. The van der Waals surface area contributed by atoms with Gasteiger partial charge in [-0.3, -0.25) is 19.3 Å². The van der Waals surface area contributed by atoms with Crippen molar-refractivity contribution < 1.29 is 23.8 Å².